The van der Waals surface area contributed by atoms with Gasteiger partial charge in [-0.25, -0.2) is 0 Å². The van der Waals surface area contributed by atoms with Crippen LogP contribution in [0.2, 0.25) is 0 Å². The van der Waals surface area contributed by atoms with Crippen molar-refractivity contribution in [1.29, 1.82) is 0 Å². The van der Waals surface area contributed by atoms with Gasteiger partial charge in [0, 0.05) is 11.9 Å². The second-order valence-electron chi connectivity index (χ2n) is 3.10. The van der Waals surface area contributed by atoms with Gasteiger partial charge in [-0.05, 0) is 19.1 Å². The van der Waals surface area contributed by atoms with E-state index in [0.29, 0.717) is 6.54 Å². The Hall–Kier alpha value is -0.840. The monoisotopic (exact) mass is 185 g/mol. The Morgan fingerprint density at radius 3 is 2.69 bits per heavy atom. The van der Waals surface area contributed by atoms with Crippen LogP contribution in [0.5, 0.6) is 0 Å². The average molecular weight is 185 g/mol. The highest BCUT2D eigenvalue weighted by molar-refractivity contribution is 5.09. The molecule has 0 aliphatic heterocycles. The number of hydrogen-bond acceptors (Lipinski definition) is 3. The van der Waals surface area contributed by atoms with E-state index in [1.165, 1.54) is 0 Å². The van der Waals surface area contributed by atoms with E-state index >= 15 is 0 Å². The van der Waals surface area contributed by atoms with Gasteiger partial charge in [-0.15, -0.1) is 0 Å². The maximum atomic E-state index is 9.31. The van der Waals surface area contributed by atoms with E-state index in [0.717, 1.165) is 5.69 Å². The quantitative estimate of drug-likeness (QED) is 0.613. The SMILES string of the molecule is CC(O)c1cccn1CC(O)CO. The molecule has 0 spiro atoms. The van der Waals surface area contributed by atoms with Crippen LogP contribution in [0.25, 0.3) is 0 Å². The summed E-state index contributed by atoms with van der Waals surface area (Å²) in [6, 6.07) is 3.58. The van der Waals surface area contributed by atoms with Gasteiger partial charge in [0.05, 0.1) is 25.4 Å². The lowest BCUT2D eigenvalue weighted by molar-refractivity contribution is 0.0782. The number of nitrogens with zero attached hydrogens (tertiary/aromatic N) is 1. The molecule has 1 aromatic heterocycles. The molecule has 0 aliphatic rings. The van der Waals surface area contributed by atoms with E-state index in [1.807, 2.05) is 0 Å². The Bertz CT molecular complexity index is 257. The molecule has 4 heteroatoms. The first kappa shape index (κ1) is 10.2. The molecule has 1 heterocycles. The highest BCUT2D eigenvalue weighted by Crippen LogP contribution is 2.12. The predicted molar refractivity (Wildman–Crippen MR) is 48.2 cm³/mol. The van der Waals surface area contributed by atoms with Crippen LogP contribution in [0.4, 0.5) is 0 Å². The molecule has 0 amide bonds. The minimum absolute atomic E-state index is 0.266. The van der Waals surface area contributed by atoms with Crippen molar-refractivity contribution in [3.8, 4) is 0 Å². The first-order valence-corrected chi connectivity index (χ1v) is 4.27. The van der Waals surface area contributed by atoms with Crippen LogP contribution in [0.15, 0.2) is 18.3 Å². The zero-order valence-corrected chi connectivity index (χ0v) is 7.59. The zero-order chi connectivity index (χ0) is 9.84. The van der Waals surface area contributed by atoms with E-state index < -0.39 is 12.2 Å². The van der Waals surface area contributed by atoms with Crippen molar-refractivity contribution in [2.24, 2.45) is 0 Å². The largest absolute Gasteiger partial charge is 0.394 e. The van der Waals surface area contributed by atoms with Crippen LogP contribution in [-0.4, -0.2) is 32.6 Å². The normalized spacial score (nSPS) is 15.7. The number of rotatable bonds is 4. The molecule has 0 saturated heterocycles. The molecule has 0 saturated carbocycles. The molecule has 0 fully saturated rings. The van der Waals surface area contributed by atoms with Gasteiger partial charge in [-0.2, -0.15) is 0 Å². The molecule has 2 atom stereocenters. The standard InChI is InChI=1S/C9H15NO3/c1-7(12)9-3-2-4-10(9)5-8(13)6-11/h2-4,7-8,11-13H,5-6H2,1H3. The summed E-state index contributed by atoms with van der Waals surface area (Å²) in [6.45, 7) is 1.71. The van der Waals surface area contributed by atoms with Crippen molar-refractivity contribution in [3.63, 3.8) is 0 Å². The molecule has 3 N–H and O–H groups in total. The first-order chi connectivity index (χ1) is 6.15. The van der Waals surface area contributed by atoms with Crippen LogP contribution in [0.1, 0.15) is 18.7 Å². The number of aliphatic hydroxyl groups is 3. The molecule has 1 aromatic rings. The highest BCUT2D eigenvalue weighted by Gasteiger charge is 2.09. The Morgan fingerprint density at radius 2 is 2.15 bits per heavy atom. The van der Waals surface area contributed by atoms with Crippen LogP contribution in [0.3, 0.4) is 0 Å². The summed E-state index contributed by atoms with van der Waals surface area (Å²) >= 11 is 0. The molecule has 0 bridgehead atoms. The predicted octanol–water partition coefficient (Wildman–Crippen LogP) is -0.105. The molecule has 4 nitrogen and oxygen atoms in total. The van der Waals surface area contributed by atoms with Crippen molar-refractivity contribution in [1.82, 2.24) is 4.57 Å². The van der Waals surface area contributed by atoms with Gasteiger partial charge in [0.1, 0.15) is 0 Å². The third-order valence-electron chi connectivity index (χ3n) is 1.91. The lowest BCUT2D eigenvalue weighted by Crippen LogP contribution is -2.21. The summed E-state index contributed by atoms with van der Waals surface area (Å²) in [5.41, 5.74) is 0.743. The summed E-state index contributed by atoms with van der Waals surface area (Å²) < 4.78 is 1.73. The average Bonchev–Trinajstić information content (AvgIpc) is 2.52. The number of aromatic nitrogens is 1. The van der Waals surface area contributed by atoms with Crippen molar-refractivity contribution in [2.45, 2.75) is 25.7 Å². The molecular formula is C9H15NO3. The Labute approximate surface area is 77.1 Å². The number of hydrogen-bond donors (Lipinski definition) is 3. The van der Waals surface area contributed by atoms with Crippen LogP contribution in [0, 0.1) is 0 Å². The van der Waals surface area contributed by atoms with Gasteiger partial charge < -0.3 is 19.9 Å². The maximum absolute atomic E-state index is 9.31. The molecule has 2 unspecified atom stereocenters. The second-order valence-corrected chi connectivity index (χ2v) is 3.10. The van der Waals surface area contributed by atoms with Gasteiger partial charge in [0.25, 0.3) is 0 Å². The van der Waals surface area contributed by atoms with Gasteiger partial charge in [-0.1, -0.05) is 0 Å². The van der Waals surface area contributed by atoms with Gasteiger partial charge in [0.2, 0.25) is 0 Å². The summed E-state index contributed by atoms with van der Waals surface area (Å²) in [6.07, 6.45) is 0.437. The fourth-order valence-corrected chi connectivity index (χ4v) is 1.26. The molecular weight excluding hydrogens is 170 g/mol. The van der Waals surface area contributed by atoms with Crippen molar-refractivity contribution in [2.75, 3.05) is 6.61 Å². The van der Waals surface area contributed by atoms with Crippen LogP contribution in [-0.2, 0) is 6.54 Å². The van der Waals surface area contributed by atoms with Crippen LogP contribution >= 0.6 is 0 Å². The lowest BCUT2D eigenvalue weighted by atomic mass is 10.3. The second kappa shape index (κ2) is 4.41. The van der Waals surface area contributed by atoms with E-state index in [1.54, 1.807) is 29.8 Å². The van der Waals surface area contributed by atoms with Gasteiger partial charge >= 0.3 is 0 Å². The topological polar surface area (TPSA) is 65.6 Å². The van der Waals surface area contributed by atoms with E-state index in [4.69, 9.17) is 5.11 Å². The summed E-state index contributed by atoms with van der Waals surface area (Å²) in [5.74, 6) is 0. The van der Waals surface area contributed by atoms with Gasteiger partial charge in [0.15, 0.2) is 0 Å². The summed E-state index contributed by atoms with van der Waals surface area (Å²) in [4.78, 5) is 0. The van der Waals surface area contributed by atoms with Crippen molar-refractivity contribution < 1.29 is 15.3 Å². The third-order valence-corrected chi connectivity index (χ3v) is 1.91. The zero-order valence-electron chi connectivity index (χ0n) is 7.59. The molecule has 13 heavy (non-hydrogen) atoms. The smallest absolute Gasteiger partial charge is 0.0949 e. The summed E-state index contributed by atoms with van der Waals surface area (Å²) in [7, 11) is 0. The first-order valence-electron chi connectivity index (χ1n) is 4.27. The fourth-order valence-electron chi connectivity index (χ4n) is 1.26. The Morgan fingerprint density at radius 1 is 1.46 bits per heavy atom. The number of aliphatic hydroxyl groups excluding tert-OH is 3. The van der Waals surface area contributed by atoms with E-state index in [-0.39, 0.29) is 6.61 Å². The van der Waals surface area contributed by atoms with Crippen molar-refractivity contribution in [3.05, 3.63) is 24.0 Å². The van der Waals surface area contributed by atoms with E-state index in [2.05, 4.69) is 0 Å². The minimum Gasteiger partial charge on any atom is -0.394 e. The molecule has 0 radical (unpaired) electrons. The minimum atomic E-state index is -0.773. The third kappa shape index (κ3) is 2.55. The Kier molecular flexibility index (Phi) is 3.48. The molecule has 0 aromatic carbocycles. The lowest BCUT2D eigenvalue weighted by Gasteiger charge is -2.13. The van der Waals surface area contributed by atoms with E-state index in [9.17, 15) is 10.2 Å². The van der Waals surface area contributed by atoms with Gasteiger partial charge in [-0.3, -0.25) is 0 Å². The van der Waals surface area contributed by atoms with Crippen molar-refractivity contribution >= 4 is 0 Å². The summed E-state index contributed by atoms with van der Waals surface area (Å²) in [5, 5.41) is 27.1. The maximum Gasteiger partial charge on any atom is 0.0949 e. The molecule has 0 aliphatic carbocycles. The Balaban J connectivity index is 2.70. The van der Waals surface area contributed by atoms with Crippen LogP contribution < -0.4 is 0 Å². The highest BCUT2D eigenvalue weighted by atomic mass is 16.3. The fraction of sp³-hybridized carbons (Fsp3) is 0.556. The molecule has 1 rings (SSSR count). The molecule has 74 valence electrons.